The molecule has 8 heteroatoms. The molecular weight excluding hydrogens is 527 g/mol. The van der Waals surface area contributed by atoms with Crippen LogP contribution in [0.1, 0.15) is 29.8 Å². The summed E-state index contributed by atoms with van der Waals surface area (Å²) >= 11 is 6.00. The van der Waals surface area contributed by atoms with Crippen LogP contribution in [0, 0.1) is 0 Å². The molecule has 170 valence electrons. The Labute approximate surface area is 207 Å². The minimum atomic E-state index is -0.0901. The van der Waals surface area contributed by atoms with E-state index in [4.69, 9.17) is 16.3 Å². The van der Waals surface area contributed by atoms with E-state index in [0.29, 0.717) is 23.7 Å². The summed E-state index contributed by atoms with van der Waals surface area (Å²) in [6.45, 7) is 5.98. The average molecular weight is 559 g/mol. The third-order valence-corrected chi connectivity index (χ3v) is 4.51. The second-order valence-corrected chi connectivity index (χ2v) is 7.62. The Balaban J connectivity index is 0.00000480. The van der Waals surface area contributed by atoms with Gasteiger partial charge in [0.25, 0.3) is 5.91 Å². The van der Waals surface area contributed by atoms with Crippen LogP contribution < -0.4 is 15.4 Å². The van der Waals surface area contributed by atoms with E-state index in [9.17, 15) is 4.79 Å². The minimum Gasteiger partial charge on any atom is -0.489 e. The molecule has 0 saturated carbocycles. The molecule has 0 heterocycles. The number of nitrogens with one attached hydrogen (secondary N) is 2. The van der Waals surface area contributed by atoms with Crippen LogP contribution in [0.25, 0.3) is 0 Å². The van der Waals surface area contributed by atoms with E-state index >= 15 is 0 Å². The van der Waals surface area contributed by atoms with E-state index in [1.165, 1.54) is 0 Å². The molecule has 0 aliphatic rings. The highest BCUT2D eigenvalue weighted by molar-refractivity contribution is 14.0. The summed E-state index contributed by atoms with van der Waals surface area (Å²) < 4.78 is 5.87. The number of halogens is 2. The predicted octanol–water partition coefficient (Wildman–Crippen LogP) is 4.22. The Morgan fingerprint density at radius 2 is 1.90 bits per heavy atom. The van der Waals surface area contributed by atoms with Gasteiger partial charge in [-0.15, -0.1) is 24.0 Å². The maximum Gasteiger partial charge on any atom is 0.253 e. The lowest BCUT2D eigenvalue weighted by atomic mass is 10.1. The van der Waals surface area contributed by atoms with Crippen molar-refractivity contribution in [2.75, 3.05) is 33.7 Å². The van der Waals surface area contributed by atoms with Gasteiger partial charge in [0.05, 0.1) is 6.54 Å². The molecule has 2 aromatic carbocycles. The summed E-state index contributed by atoms with van der Waals surface area (Å²) in [4.78, 5) is 18.3. The Morgan fingerprint density at radius 1 is 1.16 bits per heavy atom. The molecule has 1 unspecified atom stereocenters. The molecule has 0 saturated heterocycles. The van der Waals surface area contributed by atoms with Gasteiger partial charge in [-0.1, -0.05) is 29.8 Å². The molecule has 2 aromatic rings. The number of carbonyl (C=O) groups excluding carboxylic acids is 1. The average Bonchev–Trinajstić information content (AvgIpc) is 2.71. The van der Waals surface area contributed by atoms with E-state index in [2.05, 4.69) is 15.6 Å². The maximum absolute atomic E-state index is 12.1. The third kappa shape index (κ3) is 9.78. The summed E-state index contributed by atoms with van der Waals surface area (Å²) in [5, 5.41) is 7.23. The number of hydrogen-bond acceptors (Lipinski definition) is 3. The van der Waals surface area contributed by atoms with Crippen molar-refractivity contribution >= 4 is 47.4 Å². The first-order valence-electron chi connectivity index (χ1n) is 10.1. The molecule has 0 spiro atoms. The molecule has 0 aliphatic carbocycles. The van der Waals surface area contributed by atoms with Gasteiger partial charge in [-0.3, -0.25) is 4.79 Å². The number of benzene rings is 2. The highest BCUT2D eigenvalue weighted by atomic mass is 127. The fourth-order valence-electron chi connectivity index (χ4n) is 2.81. The number of rotatable bonds is 9. The SMILES string of the molecule is CCNC(=NCC(C)Oc1cccc(Cl)c1)NCCc1cccc(C(=O)N(C)C)c1.I. The van der Waals surface area contributed by atoms with E-state index in [0.717, 1.165) is 30.2 Å². The number of carbonyl (C=O) groups is 1. The molecule has 2 rings (SSSR count). The van der Waals surface area contributed by atoms with Crippen LogP contribution in [0.2, 0.25) is 5.02 Å². The fourth-order valence-corrected chi connectivity index (χ4v) is 3.00. The van der Waals surface area contributed by atoms with Crippen molar-refractivity contribution in [2.24, 2.45) is 4.99 Å². The number of amides is 1. The summed E-state index contributed by atoms with van der Waals surface area (Å²) in [5.74, 6) is 1.48. The molecule has 2 N–H and O–H groups in total. The standard InChI is InChI=1S/C23H31ClN4O2.HI/c1-5-25-23(27-16-17(2)30-21-11-7-10-20(24)15-21)26-13-12-18-8-6-9-19(14-18)22(29)28(3)4;/h6-11,14-15,17H,5,12-13,16H2,1-4H3,(H2,25,26,27);1H. The summed E-state index contributed by atoms with van der Waals surface area (Å²) in [5.41, 5.74) is 1.80. The number of hydrogen-bond donors (Lipinski definition) is 2. The van der Waals surface area contributed by atoms with Gasteiger partial charge < -0.3 is 20.3 Å². The summed E-state index contributed by atoms with van der Waals surface area (Å²) in [6, 6.07) is 15.1. The van der Waals surface area contributed by atoms with Gasteiger partial charge in [0.15, 0.2) is 5.96 Å². The smallest absolute Gasteiger partial charge is 0.253 e. The van der Waals surface area contributed by atoms with Gasteiger partial charge in [-0.2, -0.15) is 0 Å². The second kappa shape index (κ2) is 14.1. The van der Waals surface area contributed by atoms with E-state index in [-0.39, 0.29) is 36.0 Å². The number of nitrogens with zero attached hydrogens (tertiary/aromatic N) is 2. The molecule has 6 nitrogen and oxygen atoms in total. The van der Waals surface area contributed by atoms with Crippen LogP contribution in [-0.2, 0) is 6.42 Å². The van der Waals surface area contributed by atoms with Crippen molar-refractivity contribution in [2.45, 2.75) is 26.4 Å². The lowest BCUT2D eigenvalue weighted by Gasteiger charge is -2.15. The molecule has 1 amide bonds. The van der Waals surface area contributed by atoms with Gasteiger partial charge >= 0.3 is 0 Å². The summed E-state index contributed by atoms with van der Waals surface area (Å²) in [6.07, 6.45) is 0.695. The Bertz CT molecular complexity index is 861. The maximum atomic E-state index is 12.1. The molecule has 0 radical (unpaired) electrons. The zero-order chi connectivity index (χ0) is 21.9. The number of ether oxygens (including phenoxy) is 1. The van der Waals surface area contributed by atoms with E-state index in [1.54, 1.807) is 25.1 Å². The van der Waals surface area contributed by atoms with Crippen molar-refractivity contribution in [1.82, 2.24) is 15.5 Å². The number of aliphatic imine (C=N–C) groups is 1. The molecular formula is C23H32ClIN4O2. The zero-order valence-corrected chi connectivity index (χ0v) is 21.6. The van der Waals surface area contributed by atoms with Crippen LogP contribution in [-0.4, -0.2) is 56.6 Å². The van der Waals surface area contributed by atoms with Gasteiger partial charge in [0, 0.05) is 37.8 Å². The van der Waals surface area contributed by atoms with Crippen LogP contribution in [0.3, 0.4) is 0 Å². The minimum absolute atomic E-state index is 0. The Morgan fingerprint density at radius 3 is 2.58 bits per heavy atom. The lowest BCUT2D eigenvalue weighted by molar-refractivity contribution is 0.0827. The Hall–Kier alpha value is -2.00. The zero-order valence-electron chi connectivity index (χ0n) is 18.5. The monoisotopic (exact) mass is 558 g/mol. The van der Waals surface area contributed by atoms with Crippen molar-refractivity contribution in [3.63, 3.8) is 0 Å². The molecule has 1 atom stereocenters. The Kier molecular flexibility index (Phi) is 12.3. The highest BCUT2D eigenvalue weighted by Crippen LogP contribution is 2.18. The molecule has 0 bridgehead atoms. The fraction of sp³-hybridized carbons (Fsp3) is 0.391. The number of guanidine groups is 1. The topological polar surface area (TPSA) is 66.0 Å². The van der Waals surface area contributed by atoms with Crippen LogP contribution in [0.5, 0.6) is 5.75 Å². The molecule has 0 aromatic heterocycles. The summed E-state index contributed by atoms with van der Waals surface area (Å²) in [7, 11) is 3.51. The largest absolute Gasteiger partial charge is 0.489 e. The third-order valence-electron chi connectivity index (χ3n) is 4.27. The first-order chi connectivity index (χ1) is 14.4. The van der Waals surface area contributed by atoms with Crippen LogP contribution in [0.15, 0.2) is 53.5 Å². The quantitative estimate of drug-likeness (QED) is 0.275. The van der Waals surface area contributed by atoms with Gasteiger partial charge in [0.1, 0.15) is 11.9 Å². The van der Waals surface area contributed by atoms with Gasteiger partial charge in [-0.25, -0.2) is 4.99 Å². The van der Waals surface area contributed by atoms with Crippen molar-refractivity contribution in [3.8, 4) is 5.75 Å². The second-order valence-electron chi connectivity index (χ2n) is 7.18. The van der Waals surface area contributed by atoms with Crippen LogP contribution in [0.4, 0.5) is 0 Å². The molecule has 0 aliphatic heterocycles. The first kappa shape index (κ1) is 27.0. The lowest BCUT2D eigenvalue weighted by Crippen LogP contribution is -2.39. The van der Waals surface area contributed by atoms with Crippen molar-refractivity contribution in [1.29, 1.82) is 0 Å². The van der Waals surface area contributed by atoms with Gasteiger partial charge in [-0.05, 0) is 56.2 Å². The van der Waals surface area contributed by atoms with Gasteiger partial charge in [0.2, 0.25) is 0 Å². The van der Waals surface area contributed by atoms with E-state index in [1.807, 2.05) is 56.3 Å². The normalized spacial score (nSPS) is 11.8. The van der Waals surface area contributed by atoms with Crippen LogP contribution >= 0.6 is 35.6 Å². The van der Waals surface area contributed by atoms with Crippen molar-refractivity contribution in [3.05, 3.63) is 64.7 Å². The van der Waals surface area contributed by atoms with Crippen molar-refractivity contribution < 1.29 is 9.53 Å². The van der Waals surface area contributed by atoms with E-state index < -0.39 is 0 Å². The molecule has 0 fully saturated rings. The first-order valence-corrected chi connectivity index (χ1v) is 10.5. The molecule has 31 heavy (non-hydrogen) atoms. The highest BCUT2D eigenvalue weighted by Gasteiger charge is 2.09. The predicted molar refractivity (Wildman–Crippen MR) is 139 cm³/mol.